The molecule has 1 rings (SSSR count). The van der Waals surface area contributed by atoms with Gasteiger partial charge in [-0.25, -0.2) is 4.98 Å². The molecule has 70 valence electrons. The Labute approximate surface area is 82.8 Å². The predicted molar refractivity (Wildman–Crippen MR) is 55.8 cm³/mol. The van der Waals surface area contributed by atoms with Crippen LogP contribution in [0, 0.1) is 12.3 Å². The summed E-state index contributed by atoms with van der Waals surface area (Å²) >= 11 is 1.39. The first-order valence-corrected chi connectivity index (χ1v) is 5.06. The lowest BCUT2D eigenvalue weighted by atomic mass is 10.2. The largest absolute Gasteiger partial charge is 0.357 e. The third-order valence-corrected chi connectivity index (χ3v) is 2.26. The molecule has 0 aliphatic rings. The number of rotatable bonds is 4. The topological polar surface area (TPSA) is 37.8 Å². The van der Waals surface area contributed by atoms with Gasteiger partial charge in [-0.1, -0.05) is 6.92 Å². The van der Waals surface area contributed by atoms with Gasteiger partial charge in [0.05, 0.1) is 0 Å². The maximum atomic E-state index is 5.19. The van der Waals surface area contributed by atoms with Crippen LogP contribution in [0.5, 0.6) is 0 Å². The zero-order valence-electron chi connectivity index (χ0n) is 7.87. The van der Waals surface area contributed by atoms with Gasteiger partial charge in [0, 0.05) is 30.4 Å². The van der Waals surface area contributed by atoms with Gasteiger partial charge < -0.3 is 5.32 Å². The third kappa shape index (κ3) is 3.03. The second kappa shape index (κ2) is 4.83. The first-order chi connectivity index (χ1) is 6.26. The maximum Gasteiger partial charge on any atom is 0.202 e. The zero-order chi connectivity index (χ0) is 9.68. The Balaban J connectivity index is 2.49. The minimum atomic E-state index is 0.266. The second-order valence-corrected chi connectivity index (χ2v) is 3.57. The number of nitrogens with one attached hydrogen (secondary N) is 1. The first-order valence-electron chi connectivity index (χ1n) is 4.28. The highest BCUT2D eigenvalue weighted by Gasteiger charge is 2.04. The van der Waals surface area contributed by atoms with Crippen LogP contribution in [-0.2, 0) is 6.42 Å². The first kappa shape index (κ1) is 10.0. The number of terminal acetylenes is 1. The fraction of sp³-hybridized carbons (Fsp3) is 0.556. The van der Waals surface area contributed by atoms with E-state index in [-0.39, 0.29) is 6.04 Å². The molecule has 0 aliphatic heterocycles. The van der Waals surface area contributed by atoms with Gasteiger partial charge in [0.2, 0.25) is 5.13 Å². The minimum Gasteiger partial charge on any atom is -0.357 e. The number of nitrogens with zero attached hydrogens (tertiary/aromatic N) is 2. The van der Waals surface area contributed by atoms with E-state index in [0.29, 0.717) is 6.42 Å². The van der Waals surface area contributed by atoms with Crippen molar-refractivity contribution in [3.63, 3.8) is 0 Å². The lowest BCUT2D eigenvalue weighted by Crippen LogP contribution is -2.13. The molecule has 0 spiro atoms. The fourth-order valence-electron chi connectivity index (χ4n) is 0.895. The molecule has 0 saturated carbocycles. The van der Waals surface area contributed by atoms with Crippen LogP contribution in [0.25, 0.3) is 0 Å². The van der Waals surface area contributed by atoms with Crippen molar-refractivity contribution in [3.05, 3.63) is 5.82 Å². The van der Waals surface area contributed by atoms with Gasteiger partial charge in [-0.3, -0.25) is 0 Å². The molecular formula is C9H13N3S. The predicted octanol–water partition coefficient (Wildman–Crippen LogP) is 1.92. The molecule has 1 aromatic heterocycles. The van der Waals surface area contributed by atoms with Crippen molar-refractivity contribution in [1.29, 1.82) is 0 Å². The Morgan fingerprint density at radius 1 is 1.69 bits per heavy atom. The van der Waals surface area contributed by atoms with Crippen LogP contribution in [0.4, 0.5) is 5.13 Å². The minimum absolute atomic E-state index is 0.266. The molecule has 1 heterocycles. The molecule has 1 aromatic rings. The van der Waals surface area contributed by atoms with Crippen LogP contribution in [0.2, 0.25) is 0 Å². The summed E-state index contributed by atoms with van der Waals surface area (Å²) in [5.41, 5.74) is 0. The van der Waals surface area contributed by atoms with E-state index >= 15 is 0 Å². The van der Waals surface area contributed by atoms with Gasteiger partial charge in [-0.15, -0.1) is 12.3 Å². The Morgan fingerprint density at radius 3 is 3.00 bits per heavy atom. The summed E-state index contributed by atoms with van der Waals surface area (Å²) in [6.45, 7) is 4.07. The standard InChI is InChI=1S/C9H13N3S/c1-4-6-7(3)10-9-11-8(5-2)12-13-9/h1,7H,5-6H2,2-3H3,(H,10,11,12). The molecule has 1 unspecified atom stereocenters. The average Bonchev–Trinajstić information content (AvgIpc) is 2.52. The molecule has 13 heavy (non-hydrogen) atoms. The number of aryl methyl sites for hydroxylation is 1. The summed E-state index contributed by atoms with van der Waals surface area (Å²) in [7, 11) is 0. The monoisotopic (exact) mass is 195 g/mol. The number of hydrogen-bond donors (Lipinski definition) is 1. The van der Waals surface area contributed by atoms with Gasteiger partial charge in [-0.2, -0.15) is 4.37 Å². The van der Waals surface area contributed by atoms with Crippen molar-refractivity contribution in [2.24, 2.45) is 0 Å². The molecule has 0 fully saturated rings. The van der Waals surface area contributed by atoms with Crippen molar-refractivity contribution in [3.8, 4) is 12.3 Å². The van der Waals surface area contributed by atoms with Crippen LogP contribution < -0.4 is 5.32 Å². The van der Waals surface area contributed by atoms with E-state index in [4.69, 9.17) is 6.42 Å². The molecule has 0 amide bonds. The highest BCUT2D eigenvalue weighted by atomic mass is 32.1. The number of aromatic nitrogens is 2. The van der Waals surface area contributed by atoms with Crippen LogP contribution in [0.15, 0.2) is 0 Å². The summed E-state index contributed by atoms with van der Waals surface area (Å²) in [4.78, 5) is 4.28. The summed E-state index contributed by atoms with van der Waals surface area (Å²) in [5.74, 6) is 3.49. The van der Waals surface area contributed by atoms with E-state index in [1.807, 2.05) is 13.8 Å². The van der Waals surface area contributed by atoms with E-state index in [9.17, 15) is 0 Å². The van der Waals surface area contributed by atoms with Crippen molar-refractivity contribution in [1.82, 2.24) is 9.36 Å². The van der Waals surface area contributed by atoms with Gasteiger partial charge >= 0.3 is 0 Å². The molecule has 0 radical (unpaired) electrons. The summed E-state index contributed by atoms with van der Waals surface area (Å²) in [5, 5.41) is 4.06. The molecule has 0 saturated heterocycles. The highest BCUT2D eigenvalue weighted by Crippen LogP contribution is 2.12. The Morgan fingerprint density at radius 2 is 2.46 bits per heavy atom. The lowest BCUT2D eigenvalue weighted by molar-refractivity contribution is 0.824. The lowest BCUT2D eigenvalue weighted by Gasteiger charge is -2.07. The molecule has 3 nitrogen and oxygen atoms in total. The average molecular weight is 195 g/mol. The molecule has 1 N–H and O–H groups in total. The number of hydrogen-bond acceptors (Lipinski definition) is 4. The highest BCUT2D eigenvalue weighted by molar-refractivity contribution is 7.09. The molecule has 4 heteroatoms. The van der Waals surface area contributed by atoms with E-state index < -0.39 is 0 Å². The van der Waals surface area contributed by atoms with Gasteiger partial charge in [0.15, 0.2) is 0 Å². The van der Waals surface area contributed by atoms with Crippen molar-refractivity contribution < 1.29 is 0 Å². The van der Waals surface area contributed by atoms with E-state index in [1.165, 1.54) is 11.5 Å². The zero-order valence-corrected chi connectivity index (χ0v) is 8.69. The Kier molecular flexibility index (Phi) is 3.71. The summed E-state index contributed by atoms with van der Waals surface area (Å²) in [6, 6.07) is 0.266. The fourth-order valence-corrected chi connectivity index (χ4v) is 1.66. The molecule has 1 atom stereocenters. The van der Waals surface area contributed by atoms with E-state index in [0.717, 1.165) is 17.4 Å². The van der Waals surface area contributed by atoms with Crippen LogP contribution in [-0.4, -0.2) is 15.4 Å². The second-order valence-electron chi connectivity index (χ2n) is 2.82. The van der Waals surface area contributed by atoms with Crippen molar-refractivity contribution in [2.45, 2.75) is 32.7 Å². The van der Waals surface area contributed by atoms with Gasteiger partial charge in [0.1, 0.15) is 5.82 Å². The Bertz CT molecular complexity index is 300. The van der Waals surface area contributed by atoms with E-state index in [2.05, 4.69) is 20.6 Å². The van der Waals surface area contributed by atoms with Gasteiger partial charge in [-0.05, 0) is 6.92 Å². The van der Waals surface area contributed by atoms with Gasteiger partial charge in [0.25, 0.3) is 0 Å². The molecule has 0 aliphatic carbocycles. The molecular weight excluding hydrogens is 182 g/mol. The van der Waals surface area contributed by atoms with Crippen molar-refractivity contribution >= 4 is 16.7 Å². The summed E-state index contributed by atoms with van der Waals surface area (Å²) in [6.07, 6.45) is 6.78. The van der Waals surface area contributed by atoms with E-state index in [1.54, 1.807) is 0 Å². The quantitative estimate of drug-likeness (QED) is 0.746. The maximum absolute atomic E-state index is 5.19. The summed E-state index contributed by atoms with van der Waals surface area (Å²) < 4.78 is 4.16. The van der Waals surface area contributed by atoms with Crippen molar-refractivity contribution in [2.75, 3.05) is 5.32 Å². The van der Waals surface area contributed by atoms with Crippen LogP contribution in [0.3, 0.4) is 0 Å². The smallest absolute Gasteiger partial charge is 0.202 e. The third-order valence-electron chi connectivity index (χ3n) is 1.58. The SMILES string of the molecule is C#CCC(C)Nc1nc(CC)ns1. The Hall–Kier alpha value is -1.08. The normalized spacial score (nSPS) is 12.1. The van der Waals surface area contributed by atoms with Crippen LogP contribution >= 0.6 is 11.5 Å². The molecule has 0 aromatic carbocycles. The molecule has 0 bridgehead atoms. The number of anilines is 1. The van der Waals surface area contributed by atoms with Crippen LogP contribution in [0.1, 0.15) is 26.1 Å².